The average molecular weight is 559 g/mol. The normalized spacial score (nSPS) is 15.2. The van der Waals surface area contributed by atoms with Crippen LogP contribution in [0.15, 0.2) is 30.5 Å². The van der Waals surface area contributed by atoms with Crippen LogP contribution in [0.25, 0.3) is 10.9 Å². The number of carboxylic acid groups (broad SMARTS) is 1. The second kappa shape index (κ2) is 16.0. The van der Waals surface area contributed by atoms with Crippen molar-refractivity contribution >= 4 is 34.6 Å². The maximum Gasteiger partial charge on any atom is 0.326 e. The number of carbonyl (C=O) groups is 4. The highest BCUT2D eigenvalue weighted by molar-refractivity contribution is 5.95. The van der Waals surface area contributed by atoms with E-state index in [1.807, 2.05) is 45.0 Å². The van der Waals surface area contributed by atoms with Gasteiger partial charge in [0.05, 0.1) is 6.04 Å². The van der Waals surface area contributed by atoms with Gasteiger partial charge in [0.1, 0.15) is 18.1 Å². The zero-order valence-corrected chi connectivity index (χ0v) is 24.0. The quantitative estimate of drug-likeness (QED) is 0.144. The number of hydrogen-bond donors (Lipinski definition) is 7. The maximum atomic E-state index is 13.5. The number of aromatic amines is 1. The number of carboxylic acids is 1. The lowest BCUT2D eigenvalue weighted by Gasteiger charge is -2.27. The largest absolute Gasteiger partial charge is 0.480 e. The van der Waals surface area contributed by atoms with Gasteiger partial charge in [0.25, 0.3) is 0 Å². The molecule has 2 rings (SSSR count). The Morgan fingerprint density at radius 1 is 0.950 bits per heavy atom. The fraction of sp³-hybridized carbons (Fsp3) is 0.586. The van der Waals surface area contributed by atoms with Crippen molar-refractivity contribution in [3.63, 3.8) is 0 Å². The molecule has 5 unspecified atom stereocenters. The third-order valence-corrected chi connectivity index (χ3v) is 7.15. The number of unbranched alkanes of at least 4 members (excludes halogenated alkanes) is 1. The minimum Gasteiger partial charge on any atom is -0.480 e. The number of fused-ring (bicyclic) bond motifs is 1. The molecule has 5 atom stereocenters. The topological polar surface area (TPSA) is 192 Å². The molecule has 1 aromatic carbocycles. The summed E-state index contributed by atoms with van der Waals surface area (Å²) in [5.74, 6) is -3.00. The first-order chi connectivity index (χ1) is 19.0. The van der Waals surface area contributed by atoms with Gasteiger partial charge in [0.2, 0.25) is 17.7 Å². The van der Waals surface area contributed by atoms with Crippen LogP contribution in [0.4, 0.5) is 0 Å². The first-order valence-corrected chi connectivity index (χ1v) is 14.1. The Balaban J connectivity index is 2.30. The number of nitrogens with one attached hydrogen (secondary N) is 4. The van der Waals surface area contributed by atoms with Gasteiger partial charge >= 0.3 is 5.97 Å². The van der Waals surface area contributed by atoms with E-state index in [1.54, 1.807) is 13.1 Å². The summed E-state index contributed by atoms with van der Waals surface area (Å²) in [6.07, 6.45) is 4.65. The van der Waals surface area contributed by atoms with Gasteiger partial charge in [0, 0.05) is 23.5 Å². The predicted octanol–water partition coefficient (Wildman–Crippen LogP) is 1.80. The molecule has 222 valence electrons. The van der Waals surface area contributed by atoms with Crippen LogP contribution >= 0.6 is 0 Å². The van der Waals surface area contributed by atoms with Gasteiger partial charge in [-0.05, 0) is 49.3 Å². The molecule has 11 nitrogen and oxygen atoms in total. The van der Waals surface area contributed by atoms with E-state index in [2.05, 4.69) is 20.9 Å². The SMILES string of the molecule is CCC(C)C(NC(=O)C(Cc1c[nH]c2ccccc12)NC(=O)C(CC(C)C)NC(=O)C(N)CCCCN)C(=O)O. The number of aliphatic carboxylic acids is 1. The molecule has 0 radical (unpaired) electrons. The molecule has 0 aliphatic carbocycles. The number of rotatable bonds is 17. The molecule has 0 bridgehead atoms. The highest BCUT2D eigenvalue weighted by Gasteiger charge is 2.32. The summed E-state index contributed by atoms with van der Waals surface area (Å²) in [5, 5.41) is 18.8. The van der Waals surface area contributed by atoms with Crippen molar-refractivity contribution in [1.82, 2.24) is 20.9 Å². The average Bonchev–Trinajstić information content (AvgIpc) is 3.32. The van der Waals surface area contributed by atoms with Crippen LogP contribution in [0.2, 0.25) is 0 Å². The second-order valence-electron chi connectivity index (χ2n) is 10.9. The summed E-state index contributed by atoms with van der Waals surface area (Å²) in [4.78, 5) is 54.9. The first-order valence-electron chi connectivity index (χ1n) is 14.1. The summed E-state index contributed by atoms with van der Waals surface area (Å²) < 4.78 is 0. The van der Waals surface area contributed by atoms with Gasteiger partial charge in [-0.2, -0.15) is 0 Å². The van der Waals surface area contributed by atoms with Crippen LogP contribution in [-0.4, -0.2) is 64.5 Å². The molecule has 11 heteroatoms. The molecule has 0 saturated heterocycles. The van der Waals surface area contributed by atoms with Gasteiger partial charge < -0.3 is 37.5 Å². The van der Waals surface area contributed by atoms with E-state index in [-0.39, 0.29) is 18.3 Å². The van der Waals surface area contributed by atoms with Crippen molar-refractivity contribution < 1.29 is 24.3 Å². The lowest BCUT2D eigenvalue weighted by Crippen LogP contribution is -2.58. The Bertz CT molecular complexity index is 1130. The first kappa shape index (κ1) is 32.8. The standard InChI is InChI=1S/C29H46N6O5/c1-5-18(4)25(29(39)40)35-28(38)24(15-19-16-32-22-12-7-6-10-20(19)22)34-27(37)23(14-17(2)3)33-26(36)21(31)11-8-9-13-30/h6-7,10,12,16-18,21,23-25,32H,5,8-9,11,13-15,30-31H2,1-4H3,(H,33,36)(H,34,37)(H,35,38)(H,39,40). The third-order valence-electron chi connectivity index (χ3n) is 7.15. The molecule has 3 amide bonds. The number of benzene rings is 1. The number of carbonyl (C=O) groups excluding carboxylic acids is 3. The van der Waals surface area contributed by atoms with Crippen molar-refractivity contribution in [1.29, 1.82) is 0 Å². The lowest BCUT2D eigenvalue weighted by molar-refractivity contribution is -0.143. The third kappa shape index (κ3) is 9.63. The van der Waals surface area contributed by atoms with E-state index in [1.165, 1.54) is 0 Å². The van der Waals surface area contributed by atoms with E-state index in [0.29, 0.717) is 32.2 Å². The number of aromatic nitrogens is 1. The number of H-pyrrole nitrogens is 1. The molecule has 0 spiro atoms. The van der Waals surface area contributed by atoms with E-state index >= 15 is 0 Å². The Labute approximate surface area is 236 Å². The van der Waals surface area contributed by atoms with Crippen molar-refractivity contribution in [2.45, 2.75) is 90.4 Å². The van der Waals surface area contributed by atoms with E-state index in [4.69, 9.17) is 11.5 Å². The predicted molar refractivity (Wildman–Crippen MR) is 155 cm³/mol. The van der Waals surface area contributed by atoms with Gasteiger partial charge in [-0.3, -0.25) is 14.4 Å². The highest BCUT2D eigenvalue weighted by atomic mass is 16.4. The smallest absolute Gasteiger partial charge is 0.326 e. The van der Waals surface area contributed by atoms with Crippen molar-refractivity contribution in [3.8, 4) is 0 Å². The molecule has 1 heterocycles. The Kier molecular flexibility index (Phi) is 13.1. The number of para-hydroxylation sites is 1. The molecule has 2 aromatic rings. The van der Waals surface area contributed by atoms with Crippen LogP contribution in [-0.2, 0) is 25.6 Å². The summed E-state index contributed by atoms with van der Waals surface area (Å²) in [7, 11) is 0. The number of hydrogen-bond acceptors (Lipinski definition) is 6. The fourth-order valence-electron chi connectivity index (χ4n) is 4.56. The molecule has 0 aliphatic heterocycles. The molecule has 0 saturated carbocycles. The lowest BCUT2D eigenvalue weighted by atomic mass is 9.97. The van der Waals surface area contributed by atoms with Gasteiger partial charge in [0.15, 0.2) is 0 Å². The van der Waals surface area contributed by atoms with Crippen LogP contribution in [0.5, 0.6) is 0 Å². The molecule has 9 N–H and O–H groups in total. The van der Waals surface area contributed by atoms with Crippen LogP contribution in [0.1, 0.15) is 65.4 Å². The Hall–Kier alpha value is -3.44. The van der Waals surface area contributed by atoms with Crippen LogP contribution in [0.3, 0.4) is 0 Å². The molecular weight excluding hydrogens is 512 g/mol. The Morgan fingerprint density at radius 3 is 2.23 bits per heavy atom. The summed E-state index contributed by atoms with van der Waals surface area (Å²) >= 11 is 0. The van der Waals surface area contributed by atoms with Crippen LogP contribution < -0.4 is 27.4 Å². The number of amides is 3. The summed E-state index contributed by atoms with van der Waals surface area (Å²) in [5.41, 5.74) is 13.2. The molecule has 40 heavy (non-hydrogen) atoms. The fourth-order valence-corrected chi connectivity index (χ4v) is 4.56. The minimum atomic E-state index is -1.14. The maximum absolute atomic E-state index is 13.5. The monoisotopic (exact) mass is 558 g/mol. The van der Waals surface area contributed by atoms with Gasteiger partial charge in [-0.1, -0.05) is 58.7 Å². The van der Waals surface area contributed by atoms with Crippen molar-refractivity contribution in [3.05, 3.63) is 36.0 Å². The van der Waals surface area contributed by atoms with Crippen molar-refractivity contribution in [2.75, 3.05) is 6.54 Å². The zero-order valence-electron chi connectivity index (χ0n) is 24.0. The highest BCUT2D eigenvalue weighted by Crippen LogP contribution is 2.20. The van der Waals surface area contributed by atoms with E-state index in [9.17, 15) is 24.3 Å². The van der Waals surface area contributed by atoms with Gasteiger partial charge in [-0.25, -0.2) is 4.79 Å². The number of nitrogens with two attached hydrogens (primary N) is 2. The van der Waals surface area contributed by atoms with Crippen molar-refractivity contribution in [2.24, 2.45) is 23.3 Å². The van der Waals surface area contributed by atoms with E-state index < -0.39 is 47.9 Å². The minimum absolute atomic E-state index is 0.0622. The second-order valence-corrected chi connectivity index (χ2v) is 10.9. The van der Waals surface area contributed by atoms with Crippen LogP contribution in [0, 0.1) is 11.8 Å². The molecule has 1 aromatic heterocycles. The molecular formula is C29H46N6O5. The Morgan fingerprint density at radius 2 is 1.60 bits per heavy atom. The van der Waals surface area contributed by atoms with Gasteiger partial charge in [-0.15, -0.1) is 0 Å². The molecule has 0 fully saturated rings. The zero-order chi connectivity index (χ0) is 29.8. The molecule has 0 aliphatic rings. The van der Waals surface area contributed by atoms with E-state index in [0.717, 1.165) is 22.9 Å². The summed E-state index contributed by atoms with van der Waals surface area (Å²) in [6, 6.07) is 3.67. The summed E-state index contributed by atoms with van der Waals surface area (Å²) in [6.45, 7) is 7.95.